The molecule has 1 saturated heterocycles. The van der Waals surface area contributed by atoms with E-state index in [0.29, 0.717) is 37.8 Å². The lowest BCUT2D eigenvalue weighted by molar-refractivity contribution is 0.0740. The molecule has 0 radical (unpaired) electrons. The number of hydrogen-bond donors (Lipinski definition) is 2. The minimum Gasteiger partial charge on any atom is -0.353 e. The van der Waals surface area contributed by atoms with Crippen molar-refractivity contribution in [3.63, 3.8) is 0 Å². The summed E-state index contributed by atoms with van der Waals surface area (Å²) in [7, 11) is 0. The number of anilines is 1. The molecule has 1 fully saturated rings. The predicted octanol–water partition coefficient (Wildman–Crippen LogP) is -1.60. The van der Waals surface area contributed by atoms with Gasteiger partial charge < -0.3 is 14.8 Å². The summed E-state index contributed by atoms with van der Waals surface area (Å²) < 4.78 is 1.54. The molecule has 0 atom stereocenters. The first-order valence-corrected chi connectivity index (χ1v) is 8.15. The van der Waals surface area contributed by atoms with E-state index in [1.54, 1.807) is 17.3 Å². The van der Waals surface area contributed by atoms with Gasteiger partial charge in [-0.25, -0.2) is 24.4 Å². The highest BCUT2D eigenvalue weighted by Gasteiger charge is 2.24. The Hall–Kier alpha value is -3.83. The van der Waals surface area contributed by atoms with Crippen molar-refractivity contribution in [3.8, 4) is 5.82 Å². The van der Waals surface area contributed by atoms with E-state index in [-0.39, 0.29) is 11.6 Å². The highest BCUT2D eigenvalue weighted by molar-refractivity contribution is 5.92. The Balaban J connectivity index is 1.46. The molecule has 3 aromatic rings. The first-order valence-electron chi connectivity index (χ1n) is 8.15. The van der Waals surface area contributed by atoms with Crippen LogP contribution in [0, 0.1) is 0 Å². The standard InChI is InChI=1S/C15H15N9O3/c25-13-5-10(20-15(27)21-13)14(26)23-3-1-22(2-4-23)11-6-12(18-8-17-11)24-9-16-7-19-24/h5-9H,1-4H2,(H2,20,21,25,27). The summed E-state index contributed by atoms with van der Waals surface area (Å²) in [6, 6.07) is 2.88. The van der Waals surface area contributed by atoms with Gasteiger partial charge in [-0.15, -0.1) is 0 Å². The second-order valence-electron chi connectivity index (χ2n) is 5.86. The molecule has 12 nitrogen and oxygen atoms in total. The van der Waals surface area contributed by atoms with E-state index >= 15 is 0 Å². The number of rotatable bonds is 3. The maximum atomic E-state index is 12.5. The Bertz CT molecular complexity index is 1040. The fourth-order valence-corrected chi connectivity index (χ4v) is 2.85. The zero-order valence-corrected chi connectivity index (χ0v) is 14.1. The van der Waals surface area contributed by atoms with Crippen molar-refractivity contribution < 1.29 is 4.79 Å². The smallest absolute Gasteiger partial charge is 0.326 e. The summed E-state index contributed by atoms with van der Waals surface area (Å²) in [5, 5.41) is 4.04. The summed E-state index contributed by atoms with van der Waals surface area (Å²) in [6.45, 7) is 1.95. The number of hydrogen-bond acceptors (Lipinski definition) is 8. The van der Waals surface area contributed by atoms with Gasteiger partial charge in [0, 0.05) is 38.3 Å². The molecule has 4 heterocycles. The van der Waals surface area contributed by atoms with Gasteiger partial charge in [0.05, 0.1) is 0 Å². The quantitative estimate of drug-likeness (QED) is 0.561. The molecule has 12 heteroatoms. The van der Waals surface area contributed by atoms with Gasteiger partial charge >= 0.3 is 5.69 Å². The molecule has 138 valence electrons. The molecule has 1 aliphatic heterocycles. The van der Waals surface area contributed by atoms with Gasteiger partial charge in [-0.05, 0) is 0 Å². The van der Waals surface area contributed by atoms with Gasteiger partial charge in [-0.1, -0.05) is 0 Å². The van der Waals surface area contributed by atoms with E-state index in [2.05, 4.69) is 25.0 Å². The van der Waals surface area contributed by atoms with Crippen molar-refractivity contribution >= 4 is 11.7 Å². The number of nitrogens with zero attached hydrogens (tertiary/aromatic N) is 7. The maximum Gasteiger partial charge on any atom is 0.326 e. The number of aromatic amines is 2. The van der Waals surface area contributed by atoms with Gasteiger partial charge in [0.1, 0.15) is 30.5 Å². The van der Waals surface area contributed by atoms with Crippen molar-refractivity contribution in [2.45, 2.75) is 0 Å². The van der Waals surface area contributed by atoms with E-state index in [1.807, 2.05) is 9.88 Å². The second-order valence-corrected chi connectivity index (χ2v) is 5.86. The molecule has 4 rings (SSSR count). The van der Waals surface area contributed by atoms with Crippen LogP contribution in [0.1, 0.15) is 10.5 Å². The highest BCUT2D eigenvalue weighted by Crippen LogP contribution is 2.16. The highest BCUT2D eigenvalue weighted by atomic mass is 16.2. The average molecular weight is 369 g/mol. The molecule has 3 aromatic heterocycles. The Morgan fingerprint density at radius 1 is 0.963 bits per heavy atom. The van der Waals surface area contributed by atoms with Crippen LogP contribution in [0.4, 0.5) is 5.82 Å². The first kappa shape index (κ1) is 16.6. The zero-order chi connectivity index (χ0) is 18.8. The van der Waals surface area contributed by atoms with Gasteiger partial charge in [-0.3, -0.25) is 14.6 Å². The maximum absolute atomic E-state index is 12.5. The van der Waals surface area contributed by atoms with Crippen LogP contribution in [0.25, 0.3) is 5.82 Å². The SMILES string of the molecule is O=C(c1cc(=O)[nH]c(=O)[nH]1)N1CCN(c2cc(-n3cncn3)ncn2)CC1. The number of carbonyl (C=O) groups is 1. The predicted molar refractivity (Wildman–Crippen MR) is 92.7 cm³/mol. The van der Waals surface area contributed by atoms with Crippen molar-refractivity contribution in [2.24, 2.45) is 0 Å². The zero-order valence-electron chi connectivity index (χ0n) is 14.1. The van der Waals surface area contributed by atoms with Crippen molar-refractivity contribution in [1.82, 2.24) is 39.6 Å². The molecule has 2 N–H and O–H groups in total. The van der Waals surface area contributed by atoms with Crippen LogP contribution in [0.2, 0.25) is 0 Å². The van der Waals surface area contributed by atoms with Crippen LogP contribution in [0.15, 0.2) is 40.7 Å². The van der Waals surface area contributed by atoms with E-state index in [0.717, 1.165) is 6.07 Å². The van der Waals surface area contributed by atoms with Crippen LogP contribution >= 0.6 is 0 Å². The van der Waals surface area contributed by atoms with E-state index < -0.39 is 11.2 Å². The lowest BCUT2D eigenvalue weighted by Gasteiger charge is -2.35. The monoisotopic (exact) mass is 369 g/mol. The summed E-state index contributed by atoms with van der Waals surface area (Å²) in [6.07, 6.45) is 4.42. The Morgan fingerprint density at radius 3 is 2.44 bits per heavy atom. The van der Waals surface area contributed by atoms with E-state index in [9.17, 15) is 14.4 Å². The van der Waals surface area contributed by atoms with E-state index in [1.165, 1.54) is 17.3 Å². The normalized spacial score (nSPS) is 14.4. The molecule has 27 heavy (non-hydrogen) atoms. The van der Waals surface area contributed by atoms with Gasteiger partial charge in [0.15, 0.2) is 5.82 Å². The molecule has 0 spiro atoms. The molecule has 0 bridgehead atoms. The van der Waals surface area contributed by atoms with Gasteiger partial charge in [-0.2, -0.15) is 5.10 Å². The number of nitrogens with one attached hydrogen (secondary N) is 2. The first-order chi connectivity index (χ1) is 13.1. The Labute approximate surface area is 151 Å². The lowest BCUT2D eigenvalue weighted by Crippen LogP contribution is -2.49. The van der Waals surface area contributed by atoms with Gasteiger partial charge in [0.2, 0.25) is 0 Å². The number of carbonyl (C=O) groups excluding carboxylic acids is 1. The number of H-pyrrole nitrogens is 2. The summed E-state index contributed by atoms with van der Waals surface area (Å²) in [4.78, 5) is 55.6. The van der Waals surface area contributed by atoms with E-state index in [4.69, 9.17) is 0 Å². The topological polar surface area (TPSA) is 146 Å². The summed E-state index contributed by atoms with van der Waals surface area (Å²) >= 11 is 0. The molecular weight excluding hydrogens is 354 g/mol. The minimum absolute atomic E-state index is 0.0206. The Morgan fingerprint density at radius 2 is 1.74 bits per heavy atom. The van der Waals surface area contributed by atoms with Crippen LogP contribution in [0.5, 0.6) is 0 Å². The number of amides is 1. The van der Waals surface area contributed by atoms with Crippen LogP contribution in [-0.4, -0.2) is 71.7 Å². The number of aromatic nitrogens is 7. The fraction of sp³-hybridized carbons (Fsp3) is 0.267. The molecule has 0 saturated carbocycles. The van der Waals surface area contributed by atoms with Gasteiger partial charge in [0.25, 0.3) is 11.5 Å². The average Bonchev–Trinajstić information content (AvgIpc) is 3.22. The van der Waals surface area contributed by atoms with Crippen molar-refractivity contribution in [2.75, 3.05) is 31.1 Å². The van der Waals surface area contributed by atoms with Crippen molar-refractivity contribution in [1.29, 1.82) is 0 Å². The summed E-state index contributed by atoms with van der Waals surface area (Å²) in [5.41, 5.74) is -1.33. The van der Waals surface area contributed by atoms with Crippen LogP contribution in [-0.2, 0) is 0 Å². The molecule has 0 unspecified atom stereocenters. The largest absolute Gasteiger partial charge is 0.353 e. The molecule has 0 aromatic carbocycles. The fourth-order valence-electron chi connectivity index (χ4n) is 2.85. The second kappa shape index (κ2) is 6.82. The van der Waals surface area contributed by atoms with Crippen molar-refractivity contribution in [3.05, 3.63) is 57.6 Å². The lowest BCUT2D eigenvalue weighted by atomic mass is 10.2. The Kier molecular flexibility index (Phi) is 4.20. The molecule has 1 amide bonds. The third-order valence-corrected chi connectivity index (χ3v) is 4.17. The molecule has 1 aliphatic rings. The van der Waals surface area contributed by atoms with Crippen LogP contribution < -0.4 is 16.1 Å². The third-order valence-electron chi connectivity index (χ3n) is 4.17. The molecular formula is C15H15N9O3. The minimum atomic E-state index is -0.703. The summed E-state index contributed by atoms with van der Waals surface area (Å²) in [5.74, 6) is 0.924. The molecule has 0 aliphatic carbocycles. The third kappa shape index (κ3) is 3.44. The number of piperazine rings is 1. The van der Waals surface area contributed by atoms with Crippen LogP contribution in [0.3, 0.4) is 0 Å².